The predicted molar refractivity (Wildman–Crippen MR) is 151 cm³/mol. The smallest absolute Gasteiger partial charge is 0.211 e. The van der Waals surface area contributed by atoms with Crippen molar-refractivity contribution in [1.82, 2.24) is 4.57 Å². The molecule has 0 spiro atoms. The Bertz CT molecular complexity index is 1380. The van der Waals surface area contributed by atoms with E-state index < -0.39 is 0 Å². The summed E-state index contributed by atoms with van der Waals surface area (Å²) in [6.45, 7) is 15.2. The normalized spacial score (nSPS) is 15.1. The number of allylic oxidation sites excluding steroid dienone is 4. The monoisotopic (exact) mass is 497 g/mol. The van der Waals surface area contributed by atoms with E-state index in [-0.39, 0.29) is 16.6 Å². The van der Waals surface area contributed by atoms with Gasteiger partial charge in [0.25, 0.3) is 0 Å². The van der Waals surface area contributed by atoms with Crippen LogP contribution in [0.3, 0.4) is 0 Å². The quantitative estimate of drug-likeness (QED) is 0.274. The average Bonchev–Trinajstić information content (AvgIpc) is 3.20. The molecule has 0 bridgehead atoms. The fourth-order valence-electron chi connectivity index (χ4n) is 4.17. The number of Topliss-reactive ketones (excluding diaryl/α,β-unsaturated/α-hetero) is 1. The van der Waals surface area contributed by atoms with Crippen molar-refractivity contribution in [2.24, 2.45) is 21.0 Å². The van der Waals surface area contributed by atoms with Crippen molar-refractivity contribution in [3.63, 3.8) is 0 Å². The number of carbonyl (C=O) groups is 1. The Morgan fingerprint density at radius 1 is 0.806 bits per heavy atom. The summed E-state index contributed by atoms with van der Waals surface area (Å²) in [5.74, 6) is 0.103. The van der Waals surface area contributed by atoms with Gasteiger partial charge in [-0.05, 0) is 41.0 Å². The molecule has 1 heterocycles. The molecule has 5 heteroatoms. The number of rotatable bonds is 4. The van der Waals surface area contributed by atoms with Crippen molar-refractivity contribution in [2.45, 2.75) is 55.0 Å². The highest BCUT2D eigenvalue weighted by Crippen LogP contribution is 2.37. The number of carbonyl (C=O) groups excluding carboxylic acids is 1. The maximum atomic E-state index is 13.3. The number of ketones is 1. The van der Waals surface area contributed by atoms with Crippen LogP contribution in [0, 0.1) is 17.8 Å². The molecule has 4 rings (SSSR count). The van der Waals surface area contributed by atoms with Gasteiger partial charge in [-0.2, -0.15) is 0 Å². The average molecular weight is 498 g/mol. The number of nitrogens with zero attached hydrogens (tertiary/aromatic N) is 3. The highest BCUT2D eigenvalue weighted by Gasteiger charge is 2.34. The molecule has 0 unspecified atom stereocenters. The van der Waals surface area contributed by atoms with Gasteiger partial charge >= 0.3 is 0 Å². The molecule has 1 aliphatic rings. The van der Waals surface area contributed by atoms with Crippen molar-refractivity contribution in [2.75, 3.05) is 0 Å². The van der Waals surface area contributed by atoms with Gasteiger partial charge in [0.2, 0.25) is 4.80 Å². The van der Waals surface area contributed by atoms with Crippen LogP contribution in [0.25, 0.3) is 11.3 Å². The molecule has 1 aromatic heterocycles. The van der Waals surface area contributed by atoms with Crippen LogP contribution >= 0.6 is 11.3 Å². The van der Waals surface area contributed by atoms with Crippen LogP contribution in [0.1, 0.15) is 52.7 Å². The number of hydrogen-bond donors (Lipinski definition) is 0. The highest BCUT2D eigenvalue weighted by molar-refractivity contribution is 7.07. The fraction of sp³-hybridized carbons (Fsp3) is 0.323. The molecule has 36 heavy (non-hydrogen) atoms. The van der Waals surface area contributed by atoms with Crippen molar-refractivity contribution >= 4 is 22.8 Å². The van der Waals surface area contributed by atoms with E-state index in [1.165, 1.54) is 11.1 Å². The summed E-state index contributed by atoms with van der Waals surface area (Å²) in [4.78, 5) is 14.1. The number of benzene rings is 2. The summed E-state index contributed by atoms with van der Waals surface area (Å²) in [5, 5.41) is 11.5. The zero-order chi connectivity index (χ0) is 26.1. The summed E-state index contributed by atoms with van der Waals surface area (Å²) in [7, 11) is 0. The molecule has 0 amide bonds. The summed E-state index contributed by atoms with van der Waals surface area (Å²) < 4.78 is 2.21. The standard InChI is InChI=1S/C31H35N3OS/c1-21-13-15-23(16-14-21)27-20-36-29(34(27)19-22-11-9-8-10-12-22)33-32-24-17-25(30(2,3)4)28(35)26(18-24)31(5,6)7/h8-18,20H,19H2,1-7H3/b33-29+. The second-order valence-electron chi connectivity index (χ2n) is 11.4. The van der Waals surface area contributed by atoms with Crippen LogP contribution in [0.2, 0.25) is 0 Å². The van der Waals surface area contributed by atoms with Crippen molar-refractivity contribution in [3.8, 4) is 11.3 Å². The first-order chi connectivity index (χ1) is 16.9. The zero-order valence-corrected chi connectivity index (χ0v) is 23.1. The minimum absolute atomic E-state index is 0.103. The minimum Gasteiger partial charge on any atom is -0.311 e. The summed E-state index contributed by atoms with van der Waals surface area (Å²) in [6.07, 6.45) is 3.80. The van der Waals surface area contributed by atoms with Gasteiger partial charge in [0.05, 0.1) is 18.0 Å². The number of hydrogen-bond acceptors (Lipinski definition) is 4. The SMILES string of the molecule is Cc1ccc(-c2cs/c(=N/N=C3C=C(C(C)(C)C)C(=O)C(C(C)(C)C)=C3)n2Cc2ccccc2)cc1. The molecule has 0 aliphatic heterocycles. The summed E-state index contributed by atoms with van der Waals surface area (Å²) >= 11 is 1.58. The lowest BCUT2D eigenvalue weighted by Gasteiger charge is -2.30. The first-order valence-electron chi connectivity index (χ1n) is 12.3. The first kappa shape index (κ1) is 25.8. The van der Waals surface area contributed by atoms with Crippen molar-refractivity contribution in [3.05, 3.63) is 99.2 Å². The Labute approximate surface area is 218 Å². The number of aromatic nitrogens is 1. The highest BCUT2D eigenvalue weighted by atomic mass is 32.1. The Morgan fingerprint density at radius 3 is 1.94 bits per heavy atom. The molecule has 0 saturated carbocycles. The maximum absolute atomic E-state index is 13.3. The predicted octanol–water partition coefficient (Wildman–Crippen LogP) is 7.36. The first-order valence-corrected chi connectivity index (χ1v) is 13.2. The van der Waals surface area contributed by atoms with Crippen LogP contribution in [0.4, 0.5) is 0 Å². The minimum atomic E-state index is -0.280. The lowest BCUT2D eigenvalue weighted by molar-refractivity contribution is -0.114. The zero-order valence-electron chi connectivity index (χ0n) is 22.3. The Balaban J connectivity index is 1.85. The molecular weight excluding hydrogens is 462 g/mol. The molecular formula is C31H35N3OS. The van der Waals surface area contributed by atoms with Crippen molar-refractivity contribution in [1.29, 1.82) is 0 Å². The molecule has 3 aromatic rings. The van der Waals surface area contributed by atoms with Gasteiger partial charge in [-0.15, -0.1) is 21.5 Å². The third-order valence-corrected chi connectivity index (χ3v) is 7.12. The number of thiazole rings is 1. The second kappa shape index (κ2) is 9.98. The van der Waals surface area contributed by atoms with E-state index in [1.54, 1.807) is 11.3 Å². The van der Waals surface area contributed by atoms with Gasteiger partial charge in [0.15, 0.2) is 5.78 Å². The molecule has 186 valence electrons. The lowest BCUT2D eigenvalue weighted by atomic mass is 9.72. The van der Waals surface area contributed by atoms with E-state index in [4.69, 9.17) is 5.10 Å². The molecule has 1 aliphatic carbocycles. The molecule has 0 radical (unpaired) electrons. The number of aryl methyl sites for hydroxylation is 1. The maximum Gasteiger partial charge on any atom is 0.211 e. The Hall–Kier alpha value is -3.31. The van der Waals surface area contributed by atoms with Crippen LogP contribution in [0.15, 0.2) is 93.5 Å². The van der Waals surface area contributed by atoms with E-state index in [1.807, 2.05) is 18.2 Å². The van der Waals surface area contributed by atoms with Crippen molar-refractivity contribution < 1.29 is 4.79 Å². The van der Waals surface area contributed by atoms with Crippen LogP contribution in [-0.4, -0.2) is 16.1 Å². The van der Waals surface area contributed by atoms with E-state index >= 15 is 0 Å². The fourth-order valence-corrected chi connectivity index (χ4v) is 5.03. The molecule has 0 fully saturated rings. The molecule has 0 N–H and O–H groups in total. The van der Waals surface area contributed by atoms with Gasteiger partial charge in [0, 0.05) is 16.5 Å². The third kappa shape index (κ3) is 5.73. The molecule has 4 nitrogen and oxygen atoms in total. The topological polar surface area (TPSA) is 46.7 Å². The molecule has 2 aromatic carbocycles. The van der Waals surface area contributed by atoms with Crippen LogP contribution in [0.5, 0.6) is 0 Å². The van der Waals surface area contributed by atoms with E-state index in [2.05, 4.69) is 112 Å². The molecule has 0 atom stereocenters. The van der Waals surface area contributed by atoms with Crippen LogP contribution < -0.4 is 4.80 Å². The van der Waals surface area contributed by atoms with Gasteiger partial charge in [-0.25, -0.2) is 0 Å². The summed E-state index contributed by atoms with van der Waals surface area (Å²) in [5.41, 5.74) is 6.38. The van der Waals surface area contributed by atoms with Gasteiger partial charge in [-0.1, -0.05) is 102 Å². The second-order valence-corrected chi connectivity index (χ2v) is 12.2. The van der Waals surface area contributed by atoms with E-state index in [0.717, 1.165) is 27.2 Å². The third-order valence-electron chi connectivity index (χ3n) is 6.27. The summed E-state index contributed by atoms with van der Waals surface area (Å²) in [6, 6.07) is 19.0. The molecule has 0 saturated heterocycles. The largest absolute Gasteiger partial charge is 0.311 e. The van der Waals surface area contributed by atoms with Gasteiger partial charge in [0.1, 0.15) is 0 Å². The van der Waals surface area contributed by atoms with E-state index in [0.29, 0.717) is 12.3 Å². The van der Waals surface area contributed by atoms with Crippen LogP contribution in [-0.2, 0) is 11.3 Å². The van der Waals surface area contributed by atoms with Gasteiger partial charge in [-0.3, -0.25) is 4.79 Å². The van der Waals surface area contributed by atoms with E-state index in [9.17, 15) is 4.79 Å². The lowest BCUT2D eigenvalue weighted by Crippen LogP contribution is -2.29. The Morgan fingerprint density at radius 2 is 1.39 bits per heavy atom. The Kier molecular flexibility index (Phi) is 7.14. The van der Waals surface area contributed by atoms with Gasteiger partial charge < -0.3 is 4.57 Å².